The van der Waals surface area contributed by atoms with Crippen LogP contribution in [0.1, 0.15) is 58.1 Å². The van der Waals surface area contributed by atoms with Crippen molar-refractivity contribution in [1.29, 1.82) is 0 Å². The van der Waals surface area contributed by atoms with E-state index in [4.69, 9.17) is 0 Å². The first-order valence-corrected chi connectivity index (χ1v) is 7.83. The molecule has 2 atom stereocenters. The Morgan fingerprint density at radius 3 is 2.24 bits per heavy atom. The third-order valence-corrected chi connectivity index (χ3v) is 4.01. The minimum atomic E-state index is -1.34. The number of hydrogen-bond acceptors (Lipinski definition) is 2. The Balaban J connectivity index is 2.95. The van der Waals surface area contributed by atoms with Crippen LogP contribution in [0.15, 0.2) is 24.3 Å². The van der Waals surface area contributed by atoms with Gasteiger partial charge in [-0.2, -0.15) is 0 Å². The van der Waals surface area contributed by atoms with Crippen LogP contribution in [0, 0.1) is 11.8 Å². The molecular weight excluding hydrogens is 264 g/mol. The zero-order valence-electron chi connectivity index (χ0n) is 13.6. The Morgan fingerprint density at radius 1 is 1.24 bits per heavy atom. The van der Waals surface area contributed by atoms with Crippen molar-refractivity contribution in [3.05, 3.63) is 35.4 Å². The van der Waals surface area contributed by atoms with E-state index in [9.17, 15) is 15.0 Å². The molecule has 0 fully saturated rings. The molecule has 1 aromatic rings. The van der Waals surface area contributed by atoms with Gasteiger partial charge < -0.3 is 10.2 Å². The van der Waals surface area contributed by atoms with Gasteiger partial charge in [0.05, 0.1) is 5.92 Å². The molecule has 3 heteroatoms. The van der Waals surface area contributed by atoms with Gasteiger partial charge in [0.15, 0.2) is 0 Å². The van der Waals surface area contributed by atoms with Crippen molar-refractivity contribution in [2.75, 3.05) is 0 Å². The molecule has 1 rings (SSSR count). The molecule has 0 saturated carbocycles. The lowest BCUT2D eigenvalue weighted by atomic mass is 9.79. The quantitative estimate of drug-likeness (QED) is 0.762. The van der Waals surface area contributed by atoms with Gasteiger partial charge in [-0.15, -0.1) is 0 Å². The minimum Gasteiger partial charge on any atom is -0.481 e. The molecule has 0 aliphatic carbocycles. The summed E-state index contributed by atoms with van der Waals surface area (Å²) in [6.07, 6.45) is 3.21. The summed E-state index contributed by atoms with van der Waals surface area (Å²) in [6, 6.07) is 7.70. The third-order valence-electron chi connectivity index (χ3n) is 4.01. The van der Waals surface area contributed by atoms with Gasteiger partial charge in [0.2, 0.25) is 0 Å². The Kier molecular flexibility index (Phi) is 6.41. The fraction of sp³-hybridized carbons (Fsp3) is 0.611. The largest absolute Gasteiger partial charge is 0.481 e. The molecule has 0 bridgehead atoms. The summed E-state index contributed by atoms with van der Waals surface area (Å²) in [4.78, 5) is 11.5. The maximum Gasteiger partial charge on any atom is 0.309 e. The summed E-state index contributed by atoms with van der Waals surface area (Å²) in [7, 11) is 0. The maximum atomic E-state index is 11.5. The highest BCUT2D eigenvalue weighted by atomic mass is 16.4. The fourth-order valence-electron chi connectivity index (χ4n) is 2.70. The molecule has 0 saturated heterocycles. The first kappa shape index (κ1) is 17.7. The number of hydrogen-bond donors (Lipinski definition) is 2. The first-order chi connectivity index (χ1) is 9.78. The van der Waals surface area contributed by atoms with E-state index in [-0.39, 0.29) is 0 Å². The van der Waals surface area contributed by atoms with E-state index in [0.29, 0.717) is 17.9 Å². The molecule has 118 valence electrons. The van der Waals surface area contributed by atoms with E-state index in [1.54, 1.807) is 6.92 Å². The normalized spacial score (nSPS) is 15.7. The van der Waals surface area contributed by atoms with E-state index in [1.807, 2.05) is 31.2 Å². The Hall–Kier alpha value is -1.35. The molecule has 0 heterocycles. The van der Waals surface area contributed by atoms with E-state index >= 15 is 0 Å². The van der Waals surface area contributed by atoms with Crippen molar-refractivity contribution in [2.45, 2.75) is 59.0 Å². The van der Waals surface area contributed by atoms with Crippen molar-refractivity contribution in [3.8, 4) is 0 Å². The van der Waals surface area contributed by atoms with E-state index in [2.05, 4.69) is 13.8 Å². The predicted molar refractivity (Wildman–Crippen MR) is 85.2 cm³/mol. The molecule has 0 aliphatic rings. The molecule has 0 amide bonds. The Morgan fingerprint density at radius 2 is 1.81 bits per heavy atom. The molecule has 2 unspecified atom stereocenters. The van der Waals surface area contributed by atoms with Crippen LogP contribution in [0.3, 0.4) is 0 Å². The van der Waals surface area contributed by atoms with E-state index in [1.165, 1.54) is 5.56 Å². The summed E-state index contributed by atoms with van der Waals surface area (Å²) in [5.74, 6) is -1.12. The number of benzene rings is 1. The van der Waals surface area contributed by atoms with Crippen LogP contribution >= 0.6 is 0 Å². The van der Waals surface area contributed by atoms with Crippen LogP contribution in [0.5, 0.6) is 0 Å². The summed E-state index contributed by atoms with van der Waals surface area (Å²) >= 11 is 0. The van der Waals surface area contributed by atoms with E-state index in [0.717, 1.165) is 19.3 Å². The summed E-state index contributed by atoms with van der Waals surface area (Å²) in [6.45, 7) is 7.96. The second-order valence-corrected chi connectivity index (χ2v) is 6.48. The highest BCUT2D eigenvalue weighted by molar-refractivity contribution is 5.72. The number of rotatable bonds is 8. The number of unbranched alkanes of at least 4 members (excludes halogenated alkanes) is 1. The monoisotopic (exact) mass is 292 g/mol. The van der Waals surface area contributed by atoms with Crippen molar-refractivity contribution in [1.82, 2.24) is 0 Å². The summed E-state index contributed by atoms with van der Waals surface area (Å²) in [5.41, 5.74) is 0.556. The lowest BCUT2D eigenvalue weighted by Crippen LogP contribution is -2.37. The molecule has 0 spiro atoms. The Bertz CT molecular complexity index is 446. The molecule has 3 nitrogen and oxygen atoms in total. The topological polar surface area (TPSA) is 57.5 Å². The zero-order chi connectivity index (χ0) is 16.0. The number of carboxylic acid groups (broad SMARTS) is 1. The van der Waals surface area contributed by atoms with Crippen molar-refractivity contribution in [3.63, 3.8) is 0 Å². The molecule has 1 aromatic carbocycles. The zero-order valence-corrected chi connectivity index (χ0v) is 13.6. The van der Waals surface area contributed by atoms with Gasteiger partial charge in [0.1, 0.15) is 5.60 Å². The van der Waals surface area contributed by atoms with Crippen molar-refractivity contribution in [2.24, 2.45) is 11.8 Å². The minimum absolute atomic E-state index is 0.493. The van der Waals surface area contributed by atoms with Crippen molar-refractivity contribution >= 4 is 5.97 Å². The maximum absolute atomic E-state index is 11.5. The standard InChI is InChI=1S/C18H28O3/c1-5-6-7-16(17(19)20)18(4,21)15-10-8-14(9-11-15)12-13(2)3/h8-11,13,16,21H,5-7,12H2,1-4H3,(H,19,20). The average molecular weight is 292 g/mol. The SMILES string of the molecule is CCCCC(C(=O)O)C(C)(O)c1ccc(CC(C)C)cc1. The van der Waals surface area contributed by atoms with Crippen LogP contribution in [0.4, 0.5) is 0 Å². The van der Waals surface area contributed by atoms with Gasteiger partial charge in [-0.05, 0) is 36.8 Å². The predicted octanol–water partition coefficient (Wildman–Crippen LogP) is 3.98. The van der Waals surface area contributed by atoms with E-state index < -0.39 is 17.5 Å². The van der Waals surface area contributed by atoms with Crippen molar-refractivity contribution < 1.29 is 15.0 Å². The number of carboxylic acids is 1. The van der Waals surface area contributed by atoms with Gasteiger partial charge in [0.25, 0.3) is 0 Å². The van der Waals surface area contributed by atoms with Gasteiger partial charge in [-0.3, -0.25) is 4.79 Å². The van der Waals surface area contributed by atoms with Crippen LogP contribution in [-0.4, -0.2) is 16.2 Å². The van der Waals surface area contributed by atoms with Crippen LogP contribution in [-0.2, 0) is 16.8 Å². The second-order valence-electron chi connectivity index (χ2n) is 6.48. The van der Waals surface area contributed by atoms with Crippen LogP contribution in [0.25, 0.3) is 0 Å². The summed E-state index contributed by atoms with van der Waals surface area (Å²) < 4.78 is 0. The summed E-state index contributed by atoms with van der Waals surface area (Å²) in [5, 5.41) is 20.1. The second kappa shape index (κ2) is 7.60. The highest BCUT2D eigenvalue weighted by Crippen LogP contribution is 2.33. The molecule has 0 aromatic heterocycles. The number of carbonyl (C=O) groups is 1. The highest BCUT2D eigenvalue weighted by Gasteiger charge is 2.38. The smallest absolute Gasteiger partial charge is 0.309 e. The lowest BCUT2D eigenvalue weighted by Gasteiger charge is -2.30. The first-order valence-electron chi connectivity index (χ1n) is 7.83. The molecule has 2 N–H and O–H groups in total. The average Bonchev–Trinajstić information content (AvgIpc) is 2.38. The number of aliphatic carboxylic acids is 1. The van der Waals surface area contributed by atoms with Crippen LogP contribution < -0.4 is 0 Å². The van der Waals surface area contributed by atoms with Gasteiger partial charge >= 0.3 is 5.97 Å². The fourth-order valence-corrected chi connectivity index (χ4v) is 2.70. The third kappa shape index (κ3) is 4.85. The molecular formula is C18H28O3. The molecule has 21 heavy (non-hydrogen) atoms. The van der Waals surface area contributed by atoms with Gasteiger partial charge in [-0.1, -0.05) is 57.9 Å². The number of aliphatic hydroxyl groups is 1. The molecule has 0 radical (unpaired) electrons. The molecule has 0 aliphatic heterocycles. The van der Waals surface area contributed by atoms with Crippen LogP contribution in [0.2, 0.25) is 0 Å². The van der Waals surface area contributed by atoms with Gasteiger partial charge in [-0.25, -0.2) is 0 Å². The lowest BCUT2D eigenvalue weighted by molar-refractivity contribution is -0.152. The Labute approximate surface area is 128 Å². The van der Waals surface area contributed by atoms with Gasteiger partial charge in [0, 0.05) is 0 Å².